The van der Waals surface area contributed by atoms with E-state index in [-0.39, 0.29) is 17.8 Å². The molecule has 0 unspecified atom stereocenters. The van der Waals surface area contributed by atoms with E-state index in [9.17, 15) is 14.0 Å². The number of carbonyl (C=O) groups is 2. The fourth-order valence-corrected chi connectivity index (χ4v) is 3.88. The van der Waals surface area contributed by atoms with Crippen LogP contribution < -0.4 is 14.8 Å². The van der Waals surface area contributed by atoms with Crippen LogP contribution in [0.5, 0.6) is 11.5 Å². The summed E-state index contributed by atoms with van der Waals surface area (Å²) in [7, 11) is 0. The normalized spacial score (nSPS) is 14.4. The van der Waals surface area contributed by atoms with E-state index in [0.29, 0.717) is 34.7 Å². The number of carbonyl (C=O) groups excluding carboxylic acids is 2. The molecule has 3 amide bonds. The van der Waals surface area contributed by atoms with E-state index in [0.717, 1.165) is 10.5 Å². The Labute approximate surface area is 205 Å². The van der Waals surface area contributed by atoms with Crippen molar-refractivity contribution in [2.45, 2.75) is 20.1 Å². The molecule has 0 radical (unpaired) electrons. The van der Waals surface area contributed by atoms with Gasteiger partial charge in [0.25, 0.3) is 5.91 Å². The quantitative estimate of drug-likeness (QED) is 0.305. The number of nitrogens with one attached hydrogen (secondary N) is 1. The lowest BCUT2D eigenvalue weighted by Crippen LogP contribution is -2.30. The van der Waals surface area contributed by atoms with E-state index in [1.807, 2.05) is 37.3 Å². The van der Waals surface area contributed by atoms with Crippen molar-refractivity contribution in [1.29, 1.82) is 0 Å². The SMILES string of the molecule is CCOc1cc(/C=C2/NC(=O)N(Cc3ccccc3F)C2=O)c(Br)cc1OCc1ccccc1. The zero-order valence-electron chi connectivity index (χ0n) is 18.4. The molecule has 8 heteroatoms. The minimum Gasteiger partial charge on any atom is -0.490 e. The smallest absolute Gasteiger partial charge is 0.329 e. The van der Waals surface area contributed by atoms with E-state index in [4.69, 9.17) is 9.47 Å². The molecule has 0 aliphatic carbocycles. The zero-order valence-corrected chi connectivity index (χ0v) is 20.0. The highest BCUT2D eigenvalue weighted by atomic mass is 79.9. The Bertz CT molecular complexity index is 1250. The average molecular weight is 525 g/mol. The van der Waals surface area contributed by atoms with Gasteiger partial charge < -0.3 is 14.8 Å². The number of nitrogens with zero attached hydrogens (tertiary/aromatic N) is 1. The van der Waals surface area contributed by atoms with Crippen molar-refractivity contribution in [3.63, 3.8) is 0 Å². The molecule has 1 saturated heterocycles. The highest BCUT2D eigenvalue weighted by molar-refractivity contribution is 9.10. The predicted molar refractivity (Wildman–Crippen MR) is 130 cm³/mol. The maximum absolute atomic E-state index is 14.0. The van der Waals surface area contributed by atoms with E-state index in [1.165, 1.54) is 12.1 Å². The van der Waals surface area contributed by atoms with E-state index < -0.39 is 17.8 Å². The van der Waals surface area contributed by atoms with Crippen LogP contribution in [0.3, 0.4) is 0 Å². The topological polar surface area (TPSA) is 67.9 Å². The van der Waals surface area contributed by atoms with Gasteiger partial charge in [0.15, 0.2) is 11.5 Å². The molecule has 0 aromatic heterocycles. The molecule has 0 saturated carbocycles. The molecule has 4 rings (SSSR count). The van der Waals surface area contributed by atoms with Gasteiger partial charge in [-0.25, -0.2) is 9.18 Å². The molecule has 0 atom stereocenters. The summed E-state index contributed by atoms with van der Waals surface area (Å²) in [6.45, 7) is 2.49. The van der Waals surface area contributed by atoms with Gasteiger partial charge in [-0.3, -0.25) is 9.69 Å². The second-order valence-electron chi connectivity index (χ2n) is 7.50. The molecule has 1 N–H and O–H groups in total. The first kappa shape index (κ1) is 23.5. The van der Waals surface area contributed by atoms with Crippen molar-refractivity contribution in [1.82, 2.24) is 10.2 Å². The van der Waals surface area contributed by atoms with Gasteiger partial charge in [0.05, 0.1) is 13.2 Å². The largest absolute Gasteiger partial charge is 0.490 e. The zero-order chi connectivity index (χ0) is 24.1. The molecule has 3 aromatic rings. The first-order valence-corrected chi connectivity index (χ1v) is 11.5. The molecule has 1 aliphatic rings. The molecule has 1 fully saturated rings. The van der Waals surface area contributed by atoms with E-state index in [2.05, 4.69) is 21.2 Å². The number of imide groups is 1. The number of halogens is 2. The number of hydrogen-bond donors (Lipinski definition) is 1. The van der Waals surface area contributed by atoms with Crippen molar-refractivity contribution in [2.75, 3.05) is 6.61 Å². The fraction of sp³-hybridized carbons (Fsp3) is 0.154. The Morgan fingerprint density at radius 2 is 1.71 bits per heavy atom. The summed E-state index contributed by atoms with van der Waals surface area (Å²) in [6, 6.07) is 18.7. The number of hydrogen-bond acceptors (Lipinski definition) is 4. The van der Waals surface area contributed by atoms with Crippen LogP contribution >= 0.6 is 15.9 Å². The third-order valence-electron chi connectivity index (χ3n) is 5.15. The molecular weight excluding hydrogens is 503 g/mol. The van der Waals surface area contributed by atoms with E-state index >= 15 is 0 Å². The molecule has 0 spiro atoms. The second-order valence-corrected chi connectivity index (χ2v) is 8.35. The maximum atomic E-state index is 14.0. The highest BCUT2D eigenvalue weighted by Gasteiger charge is 2.34. The number of ether oxygens (including phenoxy) is 2. The Hall–Kier alpha value is -3.65. The summed E-state index contributed by atoms with van der Waals surface area (Å²) < 4.78 is 26.4. The van der Waals surface area contributed by atoms with Crippen LogP contribution in [-0.4, -0.2) is 23.4 Å². The fourth-order valence-electron chi connectivity index (χ4n) is 3.45. The lowest BCUT2D eigenvalue weighted by Gasteiger charge is -2.14. The van der Waals surface area contributed by atoms with Crippen LogP contribution in [0.2, 0.25) is 0 Å². The van der Waals surface area contributed by atoms with Crippen molar-refractivity contribution in [3.8, 4) is 11.5 Å². The van der Waals surface area contributed by atoms with Gasteiger partial charge in [-0.15, -0.1) is 0 Å². The first-order chi connectivity index (χ1) is 16.5. The molecule has 3 aromatic carbocycles. The third kappa shape index (κ3) is 5.28. The van der Waals surface area contributed by atoms with Gasteiger partial charge >= 0.3 is 6.03 Å². The Balaban J connectivity index is 1.56. The van der Waals surface area contributed by atoms with Crippen LogP contribution in [0, 0.1) is 5.82 Å². The maximum Gasteiger partial charge on any atom is 0.329 e. The first-order valence-electron chi connectivity index (χ1n) is 10.7. The predicted octanol–water partition coefficient (Wildman–Crippen LogP) is 5.66. The summed E-state index contributed by atoms with van der Waals surface area (Å²) in [4.78, 5) is 26.2. The van der Waals surface area contributed by atoms with Gasteiger partial charge in [0.1, 0.15) is 18.1 Å². The number of amides is 3. The van der Waals surface area contributed by atoms with Crippen LogP contribution in [-0.2, 0) is 17.9 Å². The molecule has 6 nitrogen and oxygen atoms in total. The third-order valence-corrected chi connectivity index (χ3v) is 5.84. The summed E-state index contributed by atoms with van der Waals surface area (Å²) in [6.07, 6.45) is 1.55. The Morgan fingerprint density at radius 3 is 2.44 bits per heavy atom. The molecular formula is C26H22BrFN2O4. The number of rotatable bonds is 8. The standard InChI is InChI=1S/C26H22BrFN2O4/c1-2-33-23-13-19(20(27)14-24(23)34-16-17-8-4-3-5-9-17)12-22-25(31)30(26(32)29-22)15-18-10-6-7-11-21(18)28/h3-14H,2,15-16H2,1H3,(H,29,32)/b22-12+. The average Bonchev–Trinajstić information content (AvgIpc) is 3.09. The Kier molecular flexibility index (Phi) is 7.27. The van der Waals surface area contributed by atoms with Crippen LogP contribution in [0.4, 0.5) is 9.18 Å². The minimum atomic E-state index is -0.608. The lowest BCUT2D eigenvalue weighted by atomic mass is 10.1. The molecule has 0 bridgehead atoms. The minimum absolute atomic E-state index is 0.0856. The monoisotopic (exact) mass is 524 g/mol. The summed E-state index contributed by atoms with van der Waals surface area (Å²) in [5.41, 5.74) is 1.97. The van der Waals surface area contributed by atoms with Crippen molar-refractivity contribution >= 4 is 33.9 Å². The van der Waals surface area contributed by atoms with Crippen LogP contribution in [0.1, 0.15) is 23.6 Å². The van der Waals surface area contributed by atoms with Gasteiger partial charge in [-0.2, -0.15) is 0 Å². The lowest BCUT2D eigenvalue weighted by molar-refractivity contribution is -0.123. The van der Waals surface area contributed by atoms with E-state index in [1.54, 1.807) is 30.3 Å². The number of urea groups is 1. The number of benzene rings is 3. The summed E-state index contributed by atoms with van der Waals surface area (Å²) >= 11 is 3.51. The molecule has 1 aliphatic heterocycles. The van der Waals surface area contributed by atoms with Crippen LogP contribution in [0.15, 0.2) is 76.9 Å². The van der Waals surface area contributed by atoms with Crippen molar-refractivity contribution in [3.05, 3.63) is 99.4 Å². The molecule has 174 valence electrons. The molecule has 1 heterocycles. The summed E-state index contributed by atoms with van der Waals surface area (Å²) in [5.74, 6) is 0.0365. The van der Waals surface area contributed by atoms with Gasteiger partial charge in [-0.1, -0.05) is 64.5 Å². The Morgan fingerprint density at radius 1 is 1.00 bits per heavy atom. The van der Waals surface area contributed by atoms with Gasteiger partial charge in [-0.05, 0) is 42.3 Å². The van der Waals surface area contributed by atoms with Crippen molar-refractivity contribution in [2.24, 2.45) is 0 Å². The highest BCUT2D eigenvalue weighted by Crippen LogP contribution is 2.35. The summed E-state index contributed by atoms with van der Waals surface area (Å²) in [5, 5.41) is 2.57. The van der Waals surface area contributed by atoms with Crippen LogP contribution in [0.25, 0.3) is 6.08 Å². The van der Waals surface area contributed by atoms with Crippen molar-refractivity contribution < 1.29 is 23.5 Å². The second kappa shape index (κ2) is 10.5. The molecule has 34 heavy (non-hydrogen) atoms. The van der Waals surface area contributed by atoms with Gasteiger partial charge in [0, 0.05) is 10.0 Å². The van der Waals surface area contributed by atoms with Gasteiger partial charge in [0.2, 0.25) is 0 Å².